The fourth-order valence-corrected chi connectivity index (χ4v) is 3.96. The molecule has 1 aromatic carbocycles. The molecular formula is C14H20N2O2S. The number of benzene rings is 1. The minimum Gasteiger partial charge on any atom is -0.398 e. The minimum atomic E-state index is -3.50. The molecule has 5 heteroatoms. The van der Waals surface area contributed by atoms with Crippen LogP contribution in [0, 0.1) is 13.8 Å². The summed E-state index contributed by atoms with van der Waals surface area (Å²) in [6.07, 6.45) is 6.62. The van der Waals surface area contributed by atoms with Crippen LogP contribution in [0.3, 0.4) is 0 Å². The van der Waals surface area contributed by atoms with Gasteiger partial charge in [0.05, 0.1) is 4.90 Å². The number of hydrogen-bond acceptors (Lipinski definition) is 3. The first kappa shape index (κ1) is 14.1. The molecule has 1 aromatic rings. The van der Waals surface area contributed by atoms with E-state index in [1.165, 1.54) is 0 Å². The maximum atomic E-state index is 12.4. The van der Waals surface area contributed by atoms with Crippen LogP contribution >= 0.6 is 0 Å². The van der Waals surface area contributed by atoms with E-state index >= 15 is 0 Å². The van der Waals surface area contributed by atoms with Gasteiger partial charge < -0.3 is 5.73 Å². The van der Waals surface area contributed by atoms with Gasteiger partial charge in [-0.25, -0.2) is 13.1 Å². The predicted octanol–water partition coefficient (Wildman–Crippen LogP) is 2.27. The third-order valence-corrected chi connectivity index (χ3v) is 5.07. The first-order valence-corrected chi connectivity index (χ1v) is 7.92. The highest BCUT2D eigenvalue weighted by Gasteiger charge is 2.23. The zero-order valence-electron chi connectivity index (χ0n) is 11.3. The molecule has 0 saturated heterocycles. The van der Waals surface area contributed by atoms with Crippen molar-refractivity contribution in [2.24, 2.45) is 0 Å². The molecule has 3 N–H and O–H groups in total. The molecule has 4 nitrogen and oxygen atoms in total. The van der Waals surface area contributed by atoms with Crippen molar-refractivity contribution in [3.63, 3.8) is 0 Å². The van der Waals surface area contributed by atoms with Crippen molar-refractivity contribution < 1.29 is 8.42 Å². The van der Waals surface area contributed by atoms with Gasteiger partial charge in [0.25, 0.3) is 0 Å². The van der Waals surface area contributed by atoms with Gasteiger partial charge in [-0.1, -0.05) is 12.2 Å². The number of allylic oxidation sites excluding steroid dienone is 1. The summed E-state index contributed by atoms with van der Waals surface area (Å²) < 4.78 is 27.6. The van der Waals surface area contributed by atoms with Gasteiger partial charge in [-0.2, -0.15) is 0 Å². The molecule has 0 fully saturated rings. The van der Waals surface area contributed by atoms with E-state index in [9.17, 15) is 8.42 Å². The van der Waals surface area contributed by atoms with Crippen LogP contribution in [0.1, 0.15) is 30.4 Å². The van der Waals surface area contributed by atoms with E-state index in [0.29, 0.717) is 16.1 Å². The fraction of sp³-hybridized carbons (Fsp3) is 0.429. The van der Waals surface area contributed by atoms with E-state index < -0.39 is 10.0 Å². The molecule has 0 amide bonds. The Hall–Kier alpha value is -1.33. The lowest BCUT2D eigenvalue weighted by molar-refractivity contribution is 0.522. The summed E-state index contributed by atoms with van der Waals surface area (Å²) in [6, 6.07) is 3.45. The Morgan fingerprint density at radius 1 is 1.26 bits per heavy atom. The Balaban J connectivity index is 2.31. The summed E-state index contributed by atoms with van der Waals surface area (Å²) in [5.41, 5.74) is 7.83. The van der Waals surface area contributed by atoms with Crippen molar-refractivity contribution in [3.05, 3.63) is 35.4 Å². The zero-order valence-corrected chi connectivity index (χ0v) is 12.1. The summed E-state index contributed by atoms with van der Waals surface area (Å²) in [5.74, 6) is 0. The molecule has 0 aromatic heterocycles. The number of anilines is 1. The Kier molecular flexibility index (Phi) is 3.96. The van der Waals surface area contributed by atoms with Crippen molar-refractivity contribution in [2.75, 3.05) is 5.73 Å². The highest BCUT2D eigenvalue weighted by atomic mass is 32.2. The van der Waals surface area contributed by atoms with E-state index in [4.69, 9.17) is 5.73 Å². The second-order valence-corrected chi connectivity index (χ2v) is 6.76. The van der Waals surface area contributed by atoms with Crippen LogP contribution in [0.15, 0.2) is 29.2 Å². The van der Waals surface area contributed by atoms with Gasteiger partial charge in [-0.05, 0) is 56.4 Å². The number of hydrogen-bond donors (Lipinski definition) is 2. The van der Waals surface area contributed by atoms with Crippen LogP contribution in [-0.4, -0.2) is 14.5 Å². The monoisotopic (exact) mass is 280 g/mol. The number of nitrogens with two attached hydrogens (primary N) is 1. The normalized spacial score (nSPS) is 19.6. The van der Waals surface area contributed by atoms with E-state index in [2.05, 4.69) is 10.8 Å². The van der Waals surface area contributed by atoms with Crippen LogP contribution in [0.5, 0.6) is 0 Å². The summed E-state index contributed by atoms with van der Waals surface area (Å²) in [5, 5.41) is 0. The maximum Gasteiger partial charge on any atom is 0.241 e. The molecule has 2 rings (SSSR count). The predicted molar refractivity (Wildman–Crippen MR) is 77.4 cm³/mol. The van der Waals surface area contributed by atoms with Crippen molar-refractivity contribution in [2.45, 2.75) is 44.0 Å². The summed E-state index contributed by atoms with van der Waals surface area (Å²) in [7, 11) is -3.50. The van der Waals surface area contributed by atoms with Crippen LogP contribution in [-0.2, 0) is 10.0 Å². The van der Waals surface area contributed by atoms with Crippen molar-refractivity contribution in [1.82, 2.24) is 4.72 Å². The maximum absolute atomic E-state index is 12.4. The lowest BCUT2D eigenvalue weighted by atomic mass is 10.0. The number of rotatable bonds is 3. The summed E-state index contributed by atoms with van der Waals surface area (Å²) >= 11 is 0. The Morgan fingerprint density at radius 2 is 2.00 bits per heavy atom. The first-order valence-electron chi connectivity index (χ1n) is 6.44. The van der Waals surface area contributed by atoms with Crippen LogP contribution in [0.2, 0.25) is 0 Å². The average Bonchev–Trinajstić information content (AvgIpc) is 2.34. The molecule has 1 aliphatic carbocycles. The van der Waals surface area contributed by atoms with Gasteiger partial charge in [-0.15, -0.1) is 0 Å². The number of nitrogen functional groups attached to an aromatic ring is 1. The van der Waals surface area contributed by atoms with E-state index in [1.54, 1.807) is 19.1 Å². The molecular weight excluding hydrogens is 260 g/mol. The molecule has 0 bridgehead atoms. The molecule has 1 unspecified atom stereocenters. The molecule has 0 saturated carbocycles. The second-order valence-electron chi connectivity index (χ2n) is 5.08. The van der Waals surface area contributed by atoms with Crippen molar-refractivity contribution >= 4 is 15.7 Å². The molecule has 0 radical (unpaired) electrons. The minimum absolute atomic E-state index is 0.0175. The number of aryl methyl sites for hydroxylation is 1. The van der Waals surface area contributed by atoms with Gasteiger partial charge in [0, 0.05) is 11.7 Å². The standard InChI is InChI=1S/C14H20N2O2S/c1-10-8-13(15)11(2)14(9-10)19(17,18)16-12-6-4-3-5-7-12/h3-4,8-9,12,16H,5-7,15H2,1-2H3. The molecule has 0 heterocycles. The molecule has 104 valence electrons. The topological polar surface area (TPSA) is 72.2 Å². The molecule has 19 heavy (non-hydrogen) atoms. The van der Waals surface area contributed by atoms with E-state index in [0.717, 1.165) is 24.8 Å². The fourth-order valence-electron chi connectivity index (χ4n) is 2.32. The Morgan fingerprint density at radius 3 is 2.63 bits per heavy atom. The van der Waals surface area contributed by atoms with Crippen LogP contribution in [0.4, 0.5) is 5.69 Å². The summed E-state index contributed by atoms with van der Waals surface area (Å²) in [6.45, 7) is 3.59. The largest absolute Gasteiger partial charge is 0.398 e. The van der Waals surface area contributed by atoms with Crippen LogP contribution < -0.4 is 10.5 Å². The van der Waals surface area contributed by atoms with Crippen molar-refractivity contribution in [3.8, 4) is 0 Å². The first-order chi connectivity index (χ1) is 8.90. The zero-order chi connectivity index (χ0) is 14.0. The van der Waals surface area contributed by atoms with Gasteiger partial charge in [0.1, 0.15) is 0 Å². The number of nitrogens with one attached hydrogen (secondary N) is 1. The molecule has 0 aliphatic heterocycles. The molecule has 1 aliphatic rings. The average molecular weight is 280 g/mol. The summed E-state index contributed by atoms with van der Waals surface area (Å²) in [4.78, 5) is 0.291. The third-order valence-electron chi connectivity index (χ3n) is 3.42. The lowest BCUT2D eigenvalue weighted by Gasteiger charge is -2.20. The van der Waals surface area contributed by atoms with Gasteiger partial charge in [-0.3, -0.25) is 0 Å². The second kappa shape index (κ2) is 5.35. The SMILES string of the molecule is Cc1cc(N)c(C)c(S(=O)(=O)NC2CC=CCC2)c1. The van der Waals surface area contributed by atoms with Gasteiger partial charge >= 0.3 is 0 Å². The lowest BCUT2D eigenvalue weighted by Crippen LogP contribution is -2.35. The Labute approximate surface area is 114 Å². The Bertz CT molecular complexity index is 606. The molecule has 1 atom stereocenters. The van der Waals surface area contributed by atoms with Crippen LogP contribution in [0.25, 0.3) is 0 Å². The molecule has 0 spiro atoms. The smallest absolute Gasteiger partial charge is 0.241 e. The highest BCUT2D eigenvalue weighted by molar-refractivity contribution is 7.89. The van der Waals surface area contributed by atoms with Crippen molar-refractivity contribution in [1.29, 1.82) is 0 Å². The van der Waals surface area contributed by atoms with Gasteiger partial charge in [0.15, 0.2) is 0 Å². The number of sulfonamides is 1. The van der Waals surface area contributed by atoms with E-state index in [1.807, 2.05) is 13.0 Å². The highest BCUT2D eigenvalue weighted by Crippen LogP contribution is 2.24. The van der Waals surface area contributed by atoms with E-state index in [-0.39, 0.29) is 6.04 Å². The van der Waals surface area contributed by atoms with Gasteiger partial charge in [0.2, 0.25) is 10.0 Å². The quantitative estimate of drug-likeness (QED) is 0.659. The third kappa shape index (κ3) is 3.16.